The third kappa shape index (κ3) is 2.63. The summed E-state index contributed by atoms with van der Waals surface area (Å²) in [4.78, 5) is 9.19. The van der Waals surface area contributed by atoms with E-state index in [4.69, 9.17) is 11.1 Å². The zero-order valence-electron chi connectivity index (χ0n) is 11.9. The Morgan fingerprint density at radius 2 is 1.90 bits per heavy atom. The summed E-state index contributed by atoms with van der Waals surface area (Å²) < 4.78 is 0. The summed E-state index contributed by atoms with van der Waals surface area (Å²) in [6, 6.07) is 4.75. The number of amidine groups is 1. The first-order valence-electron chi connectivity index (χ1n) is 7.54. The van der Waals surface area contributed by atoms with Gasteiger partial charge in [0.05, 0.1) is 5.69 Å². The summed E-state index contributed by atoms with van der Waals surface area (Å²) in [7, 11) is 0. The lowest BCUT2D eigenvalue weighted by atomic mass is 10.1. The van der Waals surface area contributed by atoms with E-state index in [-0.39, 0.29) is 5.84 Å². The molecule has 0 aromatic carbocycles. The van der Waals surface area contributed by atoms with Crippen LogP contribution in [0.4, 0.5) is 5.69 Å². The van der Waals surface area contributed by atoms with Crippen molar-refractivity contribution in [2.45, 2.75) is 31.7 Å². The summed E-state index contributed by atoms with van der Waals surface area (Å²) in [6.07, 6.45) is 7.22. The van der Waals surface area contributed by atoms with Crippen LogP contribution in [0.5, 0.6) is 0 Å². The number of anilines is 1. The van der Waals surface area contributed by atoms with E-state index in [1.807, 2.05) is 12.1 Å². The van der Waals surface area contributed by atoms with Gasteiger partial charge in [-0.25, -0.2) is 0 Å². The summed E-state index contributed by atoms with van der Waals surface area (Å²) >= 11 is 0. The molecule has 5 heteroatoms. The van der Waals surface area contributed by atoms with Crippen molar-refractivity contribution in [1.29, 1.82) is 5.41 Å². The molecule has 1 saturated heterocycles. The number of nitrogen functional groups attached to an aromatic ring is 1. The fourth-order valence-corrected chi connectivity index (χ4v) is 3.46. The number of nitrogens with one attached hydrogen (secondary N) is 1. The van der Waals surface area contributed by atoms with Gasteiger partial charge in [-0.15, -0.1) is 0 Å². The Morgan fingerprint density at radius 3 is 2.55 bits per heavy atom. The number of rotatable bonds is 3. The van der Waals surface area contributed by atoms with Crippen molar-refractivity contribution in [2.75, 3.05) is 31.1 Å². The number of nitrogens with zero attached hydrogens (tertiary/aromatic N) is 3. The molecule has 0 bridgehead atoms. The molecular weight excluding hydrogens is 250 g/mol. The monoisotopic (exact) mass is 273 g/mol. The van der Waals surface area contributed by atoms with Crippen LogP contribution >= 0.6 is 0 Å². The lowest BCUT2D eigenvalue weighted by molar-refractivity contribution is 0.187. The van der Waals surface area contributed by atoms with Gasteiger partial charge in [0.1, 0.15) is 11.5 Å². The zero-order chi connectivity index (χ0) is 13.9. The van der Waals surface area contributed by atoms with Crippen LogP contribution < -0.4 is 10.6 Å². The molecule has 0 atom stereocenters. The number of nitrogens with two attached hydrogens (primary N) is 1. The minimum absolute atomic E-state index is 0.0545. The second kappa shape index (κ2) is 5.79. The predicted molar refractivity (Wildman–Crippen MR) is 81.3 cm³/mol. The molecule has 2 fully saturated rings. The molecule has 0 unspecified atom stereocenters. The van der Waals surface area contributed by atoms with Gasteiger partial charge in [0, 0.05) is 38.4 Å². The Balaban J connectivity index is 1.67. The van der Waals surface area contributed by atoms with E-state index in [0.717, 1.165) is 37.9 Å². The first-order valence-corrected chi connectivity index (χ1v) is 7.54. The maximum absolute atomic E-state index is 7.65. The second-order valence-corrected chi connectivity index (χ2v) is 5.75. The number of pyridine rings is 1. The Morgan fingerprint density at radius 1 is 1.20 bits per heavy atom. The molecule has 1 aromatic heterocycles. The molecule has 1 aliphatic carbocycles. The average molecular weight is 273 g/mol. The van der Waals surface area contributed by atoms with Gasteiger partial charge < -0.3 is 10.6 Å². The van der Waals surface area contributed by atoms with Crippen LogP contribution in [-0.2, 0) is 0 Å². The van der Waals surface area contributed by atoms with Gasteiger partial charge in [-0.2, -0.15) is 0 Å². The lowest BCUT2D eigenvalue weighted by Crippen LogP contribution is -2.50. The van der Waals surface area contributed by atoms with Crippen molar-refractivity contribution in [3.05, 3.63) is 24.0 Å². The number of hydrogen-bond acceptors (Lipinski definition) is 4. The van der Waals surface area contributed by atoms with Crippen molar-refractivity contribution < 1.29 is 0 Å². The summed E-state index contributed by atoms with van der Waals surface area (Å²) in [5.74, 6) is 0.0545. The molecule has 0 spiro atoms. The topological polar surface area (TPSA) is 69.2 Å². The second-order valence-electron chi connectivity index (χ2n) is 5.75. The van der Waals surface area contributed by atoms with Gasteiger partial charge in [0.2, 0.25) is 0 Å². The zero-order valence-corrected chi connectivity index (χ0v) is 11.9. The molecule has 1 saturated carbocycles. The normalized spacial score (nSPS) is 21.3. The van der Waals surface area contributed by atoms with Crippen molar-refractivity contribution in [2.24, 2.45) is 5.73 Å². The molecule has 0 amide bonds. The maximum Gasteiger partial charge on any atom is 0.143 e. The van der Waals surface area contributed by atoms with E-state index in [9.17, 15) is 0 Å². The van der Waals surface area contributed by atoms with Gasteiger partial charge in [-0.05, 0) is 25.0 Å². The van der Waals surface area contributed by atoms with Crippen LogP contribution in [0.15, 0.2) is 18.3 Å². The number of aromatic nitrogens is 1. The van der Waals surface area contributed by atoms with Crippen molar-refractivity contribution in [1.82, 2.24) is 9.88 Å². The van der Waals surface area contributed by atoms with Gasteiger partial charge >= 0.3 is 0 Å². The van der Waals surface area contributed by atoms with E-state index in [1.54, 1.807) is 6.20 Å². The lowest BCUT2D eigenvalue weighted by Gasteiger charge is -2.39. The third-order valence-corrected chi connectivity index (χ3v) is 4.54. The Labute approximate surface area is 120 Å². The minimum Gasteiger partial charge on any atom is -0.382 e. The van der Waals surface area contributed by atoms with Crippen LogP contribution in [0, 0.1) is 5.41 Å². The number of hydrogen-bond donors (Lipinski definition) is 2. The van der Waals surface area contributed by atoms with Gasteiger partial charge in [0.25, 0.3) is 0 Å². The van der Waals surface area contributed by atoms with E-state index in [2.05, 4.69) is 14.8 Å². The molecule has 108 valence electrons. The molecule has 0 radical (unpaired) electrons. The van der Waals surface area contributed by atoms with Crippen molar-refractivity contribution in [3.63, 3.8) is 0 Å². The molecule has 20 heavy (non-hydrogen) atoms. The van der Waals surface area contributed by atoms with E-state index < -0.39 is 0 Å². The molecule has 1 aliphatic heterocycles. The highest BCUT2D eigenvalue weighted by Crippen LogP contribution is 2.26. The SMILES string of the molecule is N=C(N)c1ncccc1N1CCN(C2CCCC2)CC1. The van der Waals surface area contributed by atoms with Crippen LogP contribution in [0.2, 0.25) is 0 Å². The largest absolute Gasteiger partial charge is 0.382 e. The molecule has 3 N–H and O–H groups in total. The Kier molecular flexibility index (Phi) is 3.87. The smallest absolute Gasteiger partial charge is 0.143 e. The van der Waals surface area contributed by atoms with E-state index in [1.165, 1.54) is 25.7 Å². The highest BCUT2D eigenvalue weighted by atomic mass is 15.3. The standard InChI is InChI=1S/C15H23N5/c16-15(17)14-13(6-3-7-18-14)20-10-8-19(9-11-20)12-4-1-2-5-12/h3,6-7,12H,1-2,4-5,8-11H2,(H3,16,17). The van der Waals surface area contributed by atoms with E-state index in [0.29, 0.717) is 5.69 Å². The molecular formula is C15H23N5. The minimum atomic E-state index is 0.0545. The maximum atomic E-state index is 7.65. The Hall–Kier alpha value is -1.62. The quantitative estimate of drug-likeness (QED) is 0.646. The molecule has 1 aromatic rings. The van der Waals surface area contributed by atoms with Crippen molar-refractivity contribution >= 4 is 11.5 Å². The van der Waals surface area contributed by atoms with Gasteiger partial charge in [0.15, 0.2) is 0 Å². The molecule has 3 rings (SSSR count). The summed E-state index contributed by atoms with van der Waals surface area (Å²) in [5, 5.41) is 7.65. The van der Waals surface area contributed by atoms with Crippen LogP contribution in [0.3, 0.4) is 0 Å². The summed E-state index contributed by atoms with van der Waals surface area (Å²) in [6.45, 7) is 4.22. The molecule has 5 nitrogen and oxygen atoms in total. The Bertz CT molecular complexity index is 473. The van der Waals surface area contributed by atoms with Crippen LogP contribution in [0.25, 0.3) is 0 Å². The predicted octanol–water partition coefficient (Wildman–Crippen LogP) is 1.43. The number of piperazine rings is 1. The summed E-state index contributed by atoms with van der Waals surface area (Å²) in [5.41, 5.74) is 7.25. The average Bonchev–Trinajstić information content (AvgIpc) is 3.02. The van der Waals surface area contributed by atoms with Crippen LogP contribution in [0.1, 0.15) is 31.4 Å². The highest BCUT2D eigenvalue weighted by Gasteiger charge is 2.27. The third-order valence-electron chi connectivity index (χ3n) is 4.54. The highest BCUT2D eigenvalue weighted by molar-refractivity contribution is 5.98. The van der Waals surface area contributed by atoms with Gasteiger partial charge in [-0.1, -0.05) is 12.8 Å². The first kappa shape index (κ1) is 13.4. The van der Waals surface area contributed by atoms with E-state index >= 15 is 0 Å². The van der Waals surface area contributed by atoms with Gasteiger partial charge in [-0.3, -0.25) is 15.3 Å². The fraction of sp³-hybridized carbons (Fsp3) is 0.600. The fourth-order valence-electron chi connectivity index (χ4n) is 3.46. The first-order chi connectivity index (χ1) is 9.75. The van der Waals surface area contributed by atoms with Crippen LogP contribution in [-0.4, -0.2) is 47.9 Å². The molecule has 2 heterocycles. The molecule has 2 aliphatic rings. The van der Waals surface area contributed by atoms with Crippen molar-refractivity contribution in [3.8, 4) is 0 Å².